The van der Waals surface area contributed by atoms with Crippen LogP contribution in [-0.2, 0) is 13.0 Å². The van der Waals surface area contributed by atoms with E-state index in [1.165, 1.54) is 5.56 Å². The summed E-state index contributed by atoms with van der Waals surface area (Å²) in [5.41, 5.74) is 3.77. The average molecular weight is 331 g/mol. The van der Waals surface area contributed by atoms with Gasteiger partial charge < -0.3 is 9.88 Å². The van der Waals surface area contributed by atoms with Crippen molar-refractivity contribution in [2.45, 2.75) is 13.0 Å². The Kier molecular flexibility index (Phi) is 3.90. The van der Waals surface area contributed by atoms with Crippen LogP contribution in [0, 0.1) is 0 Å². The van der Waals surface area contributed by atoms with E-state index in [-0.39, 0.29) is 17.0 Å². The number of aromatic nitrogens is 2. The number of carbonyl (C=O) groups is 1. The van der Waals surface area contributed by atoms with Crippen molar-refractivity contribution in [3.8, 4) is 11.3 Å². The quantitative estimate of drug-likeness (QED) is 0.785. The second-order valence-corrected chi connectivity index (χ2v) is 6.10. The highest BCUT2D eigenvalue weighted by Crippen LogP contribution is 2.20. The second kappa shape index (κ2) is 6.36. The predicted octanol–water partition coefficient (Wildman–Crippen LogP) is 2.64. The highest BCUT2D eigenvalue weighted by Gasteiger charge is 2.23. The number of benzene rings is 1. The van der Waals surface area contributed by atoms with Gasteiger partial charge in [-0.2, -0.15) is 0 Å². The van der Waals surface area contributed by atoms with Gasteiger partial charge in [0.25, 0.3) is 11.5 Å². The minimum atomic E-state index is -0.363. The summed E-state index contributed by atoms with van der Waals surface area (Å²) in [5.74, 6) is -0.225. The molecule has 0 radical (unpaired) electrons. The van der Waals surface area contributed by atoms with Crippen LogP contribution >= 0.6 is 0 Å². The zero-order valence-corrected chi connectivity index (χ0v) is 13.6. The van der Waals surface area contributed by atoms with Crippen LogP contribution in [0.2, 0.25) is 0 Å². The molecule has 25 heavy (non-hydrogen) atoms. The number of H-pyrrole nitrogens is 1. The second-order valence-electron chi connectivity index (χ2n) is 6.10. The number of aromatic amines is 1. The topological polar surface area (TPSA) is 66.1 Å². The van der Waals surface area contributed by atoms with E-state index in [2.05, 4.69) is 16.0 Å². The van der Waals surface area contributed by atoms with E-state index in [1.807, 2.05) is 30.3 Å². The van der Waals surface area contributed by atoms with Crippen LogP contribution in [0.5, 0.6) is 0 Å². The van der Waals surface area contributed by atoms with Gasteiger partial charge in [0.15, 0.2) is 0 Å². The summed E-state index contributed by atoms with van der Waals surface area (Å²) in [5, 5.41) is 0. The largest absolute Gasteiger partial charge is 0.334 e. The van der Waals surface area contributed by atoms with Gasteiger partial charge >= 0.3 is 0 Å². The summed E-state index contributed by atoms with van der Waals surface area (Å²) in [4.78, 5) is 33.7. The summed E-state index contributed by atoms with van der Waals surface area (Å²) in [6.45, 7) is 1.17. The Morgan fingerprint density at radius 2 is 1.76 bits per heavy atom. The van der Waals surface area contributed by atoms with Gasteiger partial charge in [0.1, 0.15) is 5.56 Å². The summed E-state index contributed by atoms with van der Waals surface area (Å²) in [6, 6.07) is 15.1. The number of pyridine rings is 2. The fourth-order valence-electron chi connectivity index (χ4n) is 3.18. The Morgan fingerprint density at radius 3 is 2.52 bits per heavy atom. The zero-order chi connectivity index (χ0) is 17.2. The first-order valence-electron chi connectivity index (χ1n) is 8.22. The van der Waals surface area contributed by atoms with Crippen LogP contribution < -0.4 is 5.56 Å². The monoisotopic (exact) mass is 331 g/mol. The molecule has 1 aliphatic rings. The number of carbonyl (C=O) groups excluding carboxylic acids is 1. The lowest BCUT2D eigenvalue weighted by atomic mass is 9.99. The SMILES string of the molecule is O=C(c1ccc(-c2ccncc2)[nH]c1=O)N1CCc2ccccc2C1. The molecule has 0 atom stereocenters. The van der Waals surface area contributed by atoms with Crippen LogP contribution in [0.15, 0.2) is 65.7 Å². The molecule has 2 aromatic heterocycles. The van der Waals surface area contributed by atoms with E-state index in [4.69, 9.17) is 0 Å². The molecular weight excluding hydrogens is 314 g/mol. The molecule has 1 N–H and O–H groups in total. The number of hydrogen-bond acceptors (Lipinski definition) is 3. The summed E-state index contributed by atoms with van der Waals surface area (Å²) < 4.78 is 0. The van der Waals surface area contributed by atoms with Crippen molar-refractivity contribution in [1.29, 1.82) is 0 Å². The number of rotatable bonds is 2. The van der Waals surface area contributed by atoms with Crippen molar-refractivity contribution in [1.82, 2.24) is 14.9 Å². The molecule has 1 aliphatic heterocycles. The molecule has 0 fully saturated rings. The van der Waals surface area contributed by atoms with Gasteiger partial charge in [-0.05, 0) is 41.8 Å². The molecule has 1 aromatic carbocycles. The van der Waals surface area contributed by atoms with Gasteiger partial charge in [-0.3, -0.25) is 14.6 Å². The maximum Gasteiger partial charge on any atom is 0.261 e. The molecular formula is C20H17N3O2. The normalized spacial score (nSPS) is 13.4. The van der Waals surface area contributed by atoms with Gasteiger partial charge in [-0.15, -0.1) is 0 Å². The Labute approximate surface area is 145 Å². The summed E-state index contributed by atoms with van der Waals surface area (Å²) >= 11 is 0. The molecule has 4 rings (SSSR count). The third-order valence-electron chi connectivity index (χ3n) is 4.55. The van der Waals surface area contributed by atoms with E-state index in [0.717, 1.165) is 17.5 Å². The van der Waals surface area contributed by atoms with E-state index in [1.54, 1.807) is 29.4 Å². The number of hydrogen-bond donors (Lipinski definition) is 1. The van der Waals surface area contributed by atoms with Crippen molar-refractivity contribution >= 4 is 5.91 Å². The number of amides is 1. The molecule has 0 saturated heterocycles. The molecule has 124 valence electrons. The number of nitrogens with one attached hydrogen (secondary N) is 1. The Bertz CT molecular complexity index is 979. The Morgan fingerprint density at radius 1 is 1.00 bits per heavy atom. The first-order valence-corrected chi connectivity index (χ1v) is 8.22. The van der Waals surface area contributed by atoms with Crippen LogP contribution in [0.4, 0.5) is 0 Å². The zero-order valence-electron chi connectivity index (χ0n) is 13.6. The molecule has 3 heterocycles. The van der Waals surface area contributed by atoms with Crippen molar-refractivity contribution in [3.63, 3.8) is 0 Å². The highest BCUT2D eigenvalue weighted by molar-refractivity contribution is 5.94. The van der Waals surface area contributed by atoms with Crippen LogP contribution in [0.3, 0.4) is 0 Å². The summed E-state index contributed by atoms with van der Waals surface area (Å²) in [7, 11) is 0. The first kappa shape index (κ1) is 15.3. The van der Waals surface area contributed by atoms with Crippen LogP contribution in [-0.4, -0.2) is 27.3 Å². The lowest BCUT2D eigenvalue weighted by Crippen LogP contribution is -2.38. The molecule has 3 aromatic rings. The standard InChI is InChI=1S/C20H17N3O2/c24-19-17(5-6-18(22-19)15-7-10-21-11-8-15)20(25)23-12-9-14-3-1-2-4-16(14)13-23/h1-8,10-11H,9,12-13H2,(H,22,24). The summed E-state index contributed by atoms with van der Waals surface area (Å²) in [6.07, 6.45) is 4.14. The molecule has 0 spiro atoms. The van der Waals surface area contributed by atoms with Crippen LogP contribution in [0.25, 0.3) is 11.3 Å². The maximum atomic E-state index is 12.8. The van der Waals surface area contributed by atoms with E-state index in [9.17, 15) is 9.59 Å². The lowest BCUT2D eigenvalue weighted by Gasteiger charge is -2.28. The molecule has 0 bridgehead atoms. The Hall–Kier alpha value is -3.21. The highest BCUT2D eigenvalue weighted by atomic mass is 16.2. The van der Waals surface area contributed by atoms with Crippen molar-refractivity contribution in [3.05, 3.63) is 88.0 Å². The minimum Gasteiger partial charge on any atom is -0.334 e. The van der Waals surface area contributed by atoms with E-state index < -0.39 is 0 Å². The fourth-order valence-corrected chi connectivity index (χ4v) is 3.18. The smallest absolute Gasteiger partial charge is 0.261 e. The van der Waals surface area contributed by atoms with Crippen molar-refractivity contribution in [2.75, 3.05) is 6.54 Å². The van der Waals surface area contributed by atoms with E-state index >= 15 is 0 Å². The van der Waals surface area contributed by atoms with Gasteiger partial charge in [0.2, 0.25) is 0 Å². The van der Waals surface area contributed by atoms with Crippen molar-refractivity contribution in [2.24, 2.45) is 0 Å². The van der Waals surface area contributed by atoms with E-state index in [0.29, 0.717) is 18.8 Å². The molecule has 0 saturated carbocycles. The third-order valence-corrected chi connectivity index (χ3v) is 4.55. The maximum absolute atomic E-state index is 12.8. The predicted molar refractivity (Wildman–Crippen MR) is 95.2 cm³/mol. The Balaban J connectivity index is 1.60. The van der Waals surface area contributed by atoms with Gasteiger partial charge in [-0.1, -0.05) is 24.3 Å². The third kappa shape index (κ3) is 2.96. The molecule has 0 aliphatic carbocycles. The molecule has 5 nitrogen and oxygen atoms in total. The lowest BCUT2D eigenvalue weighted by molar-refractivity contribution is 0.0733. The molecule has 5 heteroatoms. The van der Waals surface area contributed by atoms with Gasteiger partial charge in [0.05, 0.1) is 0 Å². The average Bonchev–Trinajstić information content (AvgIpc) is 2.67. The molecule has 1 amide bonds. The minimum absolute atomic E-state index is 0.178. The number of fused-ring (bicyclic) bond motifs is 1. The molecule has 0 unspecified atom stereocenters. The van der Waals surface area contributed by atoms with Crippen molar-refractivity contribution < 1.29 is 4.79 Å². The fraction of sp³-hybridized carbons (Fsp3) is 0.150. The first-order chi connectivity index (χ1) is 12.2. The van der Waals surface area contributed by atoms with Gasteiger partial charge in [-0.25, -0.2) is 0 Å². The number of nitrogens with zero attached hydrogens (tertiary/aromatic N) is 2. The van der Waals surface area contributed by atoms with Crippen LogP contribution in [0.1, 0.15) is 21.5 Å². The van der Waals surface area contributed by atoms with Gasteiger partial charge in [0, 0.05) is 36.7 Å².